The maximum Gasteiger partial charge on any atom is 0.363 e. The highest BCUT2D eigenvalue weighted by molar-refractivity contribution is 7.80. The number of carboxylic acids is 4. The van der Waals surface area contributed by atoms with Crippen LogP contribution >= 0.6 is 12.2 Å². The summed E-state index contributed by atoms with van der Waals surface area (Å²) in [5.74, 6) is -5.22. The Morgan fingerprint density at radius 2 is 1.23 bits per heavy atom. The number of aliphatic carboxylic acids is 3. The molecule has 0 unspecified atom stereocenters. The van der Waals surface area contributed by atoms with Crippen LogP contribution in [0, 0.1) is 0 Å². The number of hydrogen-bond donors (Lipinski definition) is 6. The molecule has 0 aliphatic rings. The number of hydrogen-bond acceptors (Lipinski definition) is 9. The van der Waals surface area contributed by atoms with Crippen LogP contribution in [0.5, 0.6) is 5.75 Å². The van der Waals surface area contributed by atoms with Gasteiger partial charge < -0.3 is 50.5 Å². The predicted octanol–water partition coefficient (Wildman–Crippen LogP) is 5.61. The molecule has 4 aromatic carbocycles. The standard InChI is InChI=1S/C37H35N5O10S/c1-40(2)22-7-10-25-29(15-22)52-30-16-23(41(3)4)8-11-26(30)35(25)24-9-5-20(13-27(24)36(49)50)38-37(53)39-21-6-12-28(31(14-21)51-19-34(47)48)42(17-32(43)44)18-33(45)46/h5-16H,17-19H2,1-4H3,(H5-,38,39,43,44,45,46,47,48,49,50,53)/p+1. The summed E-state index contributed by atoms with van der Waals surface area (Å²) in [7, 11) is 7.67. The highest BCUT2D eigenvalue weighted by Gasteiger charge is 2.26. The molecule has 15 nitrogen and oxygen atoms in total. The number of fused-ring (bicyclic) bond motifs is 2. The lowest BCUT2D eigenvalue weighted by atomic mass is 9.92. The Kier molecular flexibility index (Phi) is 11.1. The van der Waals surface area contributed by atoms with Crippen LogP contribution in [-0.4, -0.2) is 97.3 Å². The first-order valence-electron chi connectivity index (χ1n) is 15.9. The number of anilines is 5. The van der Waals surface area contributed by atoms with Crippen LogP contribution in [0.3, 0.4) is 0 Å². The molecule has 0 spiro atoms. The van der Waals surface area contributed by atoms with Crippen molar-refractivity contribution in [3.8, 4) is 16.9 Å². The number of benzene rings is 4. The largest absolute Gasteiger partial charge is 0.480 e. The molecule has 53 heavy (non-hydrogen) atoms. The van der Waals surface area contributed by atoms with Gasteiger partial charge in [-0.15, -0.1) is 0 Å². The van der Waals surface area contributed by atoms with Gasteiger partial charge in [-0.1, -0.05) is 6.07 Å². The van der Waals surface area contributed by atoms with Crippen LogP contribution in [-0.2, 0) is 14.4 Å². The van der Waals surface area contributed by atoms with Crippen LogP contribution < -0.4 is 30.1 Å². The molecular weight excluding hydrogens is 706 g/mol. The highest BCUT2D eigenvalue weighted by atomic mass is 32.1. The Bertz CT molecular complexity index is 2200. The van der Waals surface area contributed by atoms with Crippen LogP contribution in [0.25, 0.3) is 33.1 Å². The Labute approximate surface area is 308 Å². The van der Waals surface area contributed by atoms with Gasteiger partial charge in [-0.2, -0.15) is 0 Å². The van der Waals surface area contributed by atoms with E-state index in [-0.39, 0.29) is 27.8 Å². The van der Waals surface area contributed by atoms with Crippen LogP contribution in [0.2, 0.25) is 0 Å². The number of nitrogens with zero attached hydrogens (tertiary/aromatic N) is 3. The first-order chi connectivity index (χ1) is 25.1. The summed E-state index contributed by atoms with van der Waals surface area (Å²) in [5, 5.41) is 45.6. The maximum atomic E-state index is 12.8. The number of aromatic carboxylic acids is 1. The molecule has 5 aromatic rings. The average Bonchev–Trinajstić information content (AvgIpc) is 3.08. The normalized spacial score (nSPS) is 10.8. The van der Waals surface area contributed by atoms with Gasteiger partial charge in [-0.3, -0.25) is 9.59 Å². The number of rotatable bonds is 14. The lowest BCUT2D eigenvalue weighted by Gasteiger charge is -2.24. The molecule has 274 valence electrons. The van der Waals surface area contributed by atoms with Crippen LogP contribution in [0.15, 0.2) is 77.2 Å². The fourth-order valence-corrected chi connectivity index (χ4v) is 5.92. The van der Waals surface area contributed by atoms with Gasteiger partial charge in [0.05, 0.1) is 34.2 Å². The second-order valence-electron chi connectivity index (χ2n) is 12.3. The van der Waals surface area contributed by atoms with Crippen molar-refractivity contribution >= 4 is 91.6 Å². The monoisotopic (exact) mass is 742 g/mol. The van der Waals surface area contributed by atoms with Crippen molar-refractivity contribution in [3.05, 3.63) is 78.4 Å². The topological polar surface area (TPSA) is 204 Å². The SMILES string of the molecule is CN(C)c1ccc2c(-c3ccc(NC(=S)Nc4ccc(N(CC(=O)O)CC(=O)O)c(OCC(=O)O)c4)cc3C(=O)O)c3ccc(N(C)C)cc3[o+]c2c1. The number of ether oxygens (including phenoxy) is 1. The summed E-state index contributed by atoms with van der Waals surface area (Å²) in [6.07, 6.45) is 0. The molecule has 0 aliphatic carbocycles. The van der Waals surface area contributed by atoms with Gasteiger partial charge in [0.2, 0.25) is 0 Å². The highest BCUT2D eigenvalue weighted by Crippen LogP contribution is 2.41. The predicted molar refractivity (Wildman–Crippen MR) is 206 cm³/mol. The third kappa shape index (κ3) is 8.80. The molecule has 1 heterocycles. The Balaban J connectivity index is 1.50. The molecule has 0 bridgehead atoms. The summed E-state index contributed by atoms with van der Waals surface area (Å²) < 4.78 is 11.8. The molecule has 0 saturated carbocycles. The van der Waals surface area contributed by atoms with Crippen molar-refractivity contribution in [2.75, 3.05) is 73.2 Å². The zero-order valence-electron chi connectivity index (χ0n) is 29.0. The van der Waals surface area contributed by atoms with E-state index in [1.54, 1.807) is 12.1 Å². The molecule has 1 aromatic heterocycles. The molecule has 16 heteroatoms. The molecule has 0 amide bonds. The summed E-state index contributed by atoms with van der Waals surface area (Å²) >= 11 is 5.50. The third-order valence-electron chi connectivity index (χ3n) is 8.06. The lowest BCUT2D eigenvalue weighted by molar-refractivity contribution is -0.140. The van der Waals surface area contributed by atoms with Crippen LogP contribution in [0.1, 0.15) is 10.4 Å². The van der Waals surface area contributed by atoms with Gasteiger partial charge >= 0.3 is 35.0 Å². The molecule has 0 atom stereocenters. The van der Waals surface area contributed by atoms with E-state index in [0.717, 1.165) is 27.0 Å². The van der Waals surface area contributed by atoms with E-state index in [4.69, 9.17) is 21.4 Å². The minimum Gasteiger partial charge on any atom is -0.480 e. The average molecular weight is 743 g/mol. The summed E-state index contributed by atoms with van der Waals surface area (Å²) in [5.41, 5.74) is 4.74. The van der Waals surface area contributed by atoms with Gasteiger partial charge in [0.15, 0.2) is 11.7 Å². The number of nitrogens with one attached hydrogen (secondary N) is 2. The van der Waals surface area contributed by atoms with Gasteiger partial charge in [-0.25, -0.2) is 14.0 Å². The first-order valence-corrected chi connectivity index (χ1v) is 16.3. The quantitative estimate of drug-likeness (QED) is 0.0465. The van der Waals surface area contributed by atoms with Gasteiger partial charge in [0, 0.05) is 62.6 Å². The van der Waals surface area contributed by atoms with Gasteiger partial charge in [-0.05, 0) is 66.3 Å². The van der Waals surface area contributed by atoms with E-state index in [9.17, 15) is 39.6 Å². The fourth-order valence-electron chi connectivity index (χ4n) is 5.69. The van der Waals surface area contributed by atoms with Crippen molar-refractivity contribution in [3.63, 3.8) is 0 Å². The van der Waals surface area contributed by atoms with E-state index in [1.165, 1.54) is 24.3 Å². The second-order valence-corrected chi connectivity index (χ2v) is 12.7. The zero-order valence-corrected chi connectivity index (χ0v) is 29.9. The summed E-state index contributed by atoms with van der Waals surface area (Å²) in [4.78, 5) is 51.8. The van der Waals surface area contributed by atoms with E-state index in [2.05, 4.69) is 10.6 Å². The van der Waals surface area contributed by atoms with Crippen molar-refractivity contribution < 1.29 is 48.8 Å². The first kappa shape index (κ1) is 37.6. The molecule has 0 aliphatic heterocycles. The molecular formula is C37H36N5O10S+. The summed E-state index contributed by atoms with van der Waals surface area (Å²) in [6.45, 7) is -2.17. The van der Waals surface area contributed by atoms with Crippen molar-refractivity contribution in [2.24, 2.45) is 0 Å². The molecule has 0 radical (unpaired) electrons. The molecule has 5 rings (SSSR count). The van der Waals surface area contributed by atoms with Crippen molar-refractivity contribution in [1.82, 2.24) is 0 Å². The minimum atomic E-state index is -1.31. The Morgan fingerprint density at radius 1 is 0.698 bits per heavy atom. The van der Waals surface area contributed by atoms with Gasteiger partial charge in [0.25, 0.3) is 0 Å². The number of thiocarbonyl (C=S) groups is 1. The third-order valence-corrected chi connectivity index (χ3v) is 8.26. The Hall–Kier alpha value is -6.68. The fraction of sp³-hybridized carbons (Fsp3) is 0.189. The molecule has 0 fully saturated rings. The molecule has 6 N–H and O–H groups in total. The zero-order chi connectivity index (χ0) is 38.6. The summed E-state index contributed by atoms with van der Waals surface area (Å²) in [6, 6.07) is 20.5. The molecule has 0 saturated heterocycles. The van der Waals surface area contributed by atoms with E-state index >= 15 is 0 Å². The van der Waals surface area contributed by atoms with E-state index in [0.29, 0.717) is 28.0 Å². The van der Waals surface area contributed by atoms with Crippen LogP contribution in [0.4, 0.5) is 28.4 Å². The number of carbonyl (C=O) groups is 4. The Morgan fingerprint density at radius 3 is 1.72 bits per heavy atom. The van der Waals surface area contributed by atoms with Gasteiger partial charge in [0.1, 0.15) is 18.8 Å². The number of carboxylic acid groups (broad SMARTS) is 4. The van der Waals surface area contributed by atoms with Crippen molar-refractivity contribution in [1.29, 1.82) is 0 Å². The lowest BCUT2D eigenvalue weighted by Crippen LogP contribution is -2.35. The maximum absolute atomic E-state index is 12.8. The van der Waals surface area contributed by atoms with E-state index in [1.807, 2.05) is 74.4 Å². The second kappa shape index (κ2) is 15.7. The van der Waals surface area contributed by atoms with Crippen molar-refractivity contribution in [2.45, 2.75) is 0 Å². The minimum absolute atomic E-state index is 0.00867. The smallest absolute Gasteiger partial charge is 0.363 e. The van der Waals surface area contributed by atoms with E-state index < -0.39 is 43.6 Å².